The van der Waals surface area contributed by atoms with Crippen LogP contribution in [0.25, 0.3) is 0 Å². The number of aliphatic hydroxyl groups excluding tert-OH is 6. The molecule has 0 spiro atoms. The van der Waals surface area contributed by atoms with Crippen LogP contribution in [0.2, 0.25) is 0 Å². The van der Waals surface area contributed by atoms with E-state index in [1.807, 2.05) is 0 Å². The largest absolute Gasteiger partial charge is 0.388 e. The molecule has 0 aromatic rings. The monoisotopic (exact) mass is 310 g/mol. The molecule has 2 saturated heterocycles. The van der Waals surface area contributed by atoms with E-state index in [1.54, 1.807) is 0 Å². The van der Waals surface area contributed by atoms with E-state index in [9.17, 15) is 30.6 Å². The first kappa shape index (κ1) is 17.0. The maximum atomic E-state index is 9.91. The van der Waals surface area contributed by atoms with Crippen LogP contribution in [0, 0.1) is 0 Å². The molecule has 2 fully saturated rings. The summed E-state index contributed by atoms with van der Waals surface area (Å²) in [6.07, 6.45) is -13.0. The highest BCUT2D eigenvalue weighted by Gasteiger charge is 2.48. The van der Waals surface area contributed by atoms with E-state index in [4.69, 9.17) is 14.2 Å². The predicted molar refractivity (Wildman–Crippen MR) is 65.8 cm³/mol. The molecule has 0 aromatic heterocycles. The zero-order chi connectivity index (χ0) is 15.9. The van der Waals surface area contributed by atoms with Crippen LogP contribution in [-0.2, 0) is 14.2 Å². The first-order valence-electron chi connectivity index (χ1n) is 6.78. The van der Waals surface area contributed by atoms with E-state index in [1.165, 1.54) is 13.8 Å². The fourth-order valence-electron chi connectivity index (χ4n) is 2.45. The van der Waals surface area contributed by atoms with Crippen molar-refractivity contribution in [1.29, 1.82) is 0 Å². The Hall–Kier alpha value is -0.360. The Balaban J connectivity index is 2.06. The molecular weight excluding hydrogens is 288 g/mol. The van der Waals surface area contributed by atoms with Gasteiger partial charge < -0.3 is 44.8 Å². The molecule has 0 saturated carbocycles. The molecule has 6 N–H and O–H groups in total. The zero-order valence-corrected chi connectivity index (χ0v) is 11.7. The Bertz CT molecular complexity index is 354. The number of rotatable bonds is 2. The highest BCUT2D eigenvalue weighted by molar-refractivity contribution is 4.91. The molecule has 2 heterocycles. The van der Waals surface area contributed by atoms with E-state index in [2.05, 4.69) is 0 Å². The Labute approximate surface area is 121 Å². The van der Waals surface area contributed by atoms with Gasteiger partial charge in [-0.3, -0.25) is 0 Å². The van der Waals surface area contributed by atoms with Crippen LogP contribution in [0.15, 0.2) is 0 Å². The van der Waals surface area contributed by atoms with Crippen molar-refractivity contribution in [3.8, 4) is 0 Å². The van der Waals surface area contributed by atoms with Gasteiger partial charge in [0.2, 0.25) is 0 Å². The molecule has 21 heavy (non-hydrogen) atoms. The Kier molecular flexibility index (Phi) is 5.19. The summed E-state index contributed by atoms with van der Waals surface area (Å²) in [5.74, 6) is 0. The van der Waals surface area contributed by atoms with Gasteiger partial charge in [-0.05, 0) is 13.8 Å². The molecule has 0 aromatic carbocycles. The average molecular weight is 310 g/mol. The van der Waals surface area contributed by atoms with Crippen molar-refractivity contribution in [1.82, 2.24) is 0 Å². The predicted octanol–water partition coefficient (Wildman–Crippen LogP) is -3.34. The molecule has 0 radical (unpaired) electrons. The highest BCUT2D eigenvalue weighted by atomic mass is 16.7. The third-order valence-corrected chi connectivity index (χ3v) is 3.90. The topological polar surface area (TPSA) is 149 Å². The average Bonchev–Trinajstić information content (AvgIpc) is 2.44. The van der Waals surface area contributed by atoms with Gasteiger partial charge in [0.1, 0.15) is 36.6 Å². The highest BCUT2D eigenvalue weighted by Crippen LogP contribution is 2.28. The Morgan fingerprint density at radius 2 is 1.19 bits per heavy atom. The van der Waals surface area contributed by atoms with Crippen LogP contribution in [0.5, 0.6) is 0 Å². The van der Waals surface area contributed by atoms with Crippen LogP contribution in [-0.4, -0.2) is 92.1 Å². The van der Waals surface area contributed by atoms with Crippen molar-refractivity contribution in [2.24, 2.45) is 0 Å². The van der Waals surface area contributed by atoms with E-state index >= 15 is 0 Å². The van der Waals surface area contributed by atoms with Gasteiger partial charge in [-0.25, -0.2) is 0 Å². The van der Waals surface area contributed by atoms with Crippen LogP contribution in [0.3, 0.4) is 0 Å². The second-order valence-electron chi connectivity index (χ2n) is 5.50. The van der Waals surface area contributed by atoms with Crippen molar-refractivity contribution in [3.05, 3.63) is 0 Å². The zero-order valence-electron chi connectivity index (χ0n) is 11.7. The maximum Gasteiger partial charge on any atom is 0.187 e. The van der Waals surface area contributed by atoms with Crippen molar-refractivity contribution in [2.75, 3.05) is 0 Å². The third-order valence-electron chi connectivity index (χ3n) is 3.90. The maximum absolute atomic E-state index is 9.91. The van der Waals surface area contributed by atoms with Gasteiger partial charge in [-0.1, -0.05) is 0 Å². The summed E-state index contributed by atoms with van der Waals surface area (Å²) in [5.41, 5.74) is 0. The molecule has 0 bridgehead atoms. The van der Waals surface area contributed by atoms with Crippen molar-refractivity contribution in [3.63, 3.8) is 0 Å². The van der Waals surface area contributed by atoms with Gasteiger partial charge in [0, 0.05) is 0 Å². The van der Waals surface area contributed by atoms with Gasteiger partial charge in [-0.15, -0.1) is 0 Å². The van der Waals surface area contributed by atoms with Crippen LogP contribution < -0.4 is 0 Å². The minimum atomic E-state index is -1.58. The second-order valence-corrected chi connectivity index (χ2v) is 5.50. The number of hydrogen-bond acceptors (Lipinski definition) is 9. The lowest BCUT2D eigenvalue weighted by Gasteiger charge is -2.44. The molecule has 2 aliphatic rings. The quantitative estimate of drug-likeness (QED) is 0.308. The lowest BCUT2D eigenvalue weighted by atomic mass is 9.98. The van der Waals surface area contributed by atoms with Crippen LogP contribution in [0.1, 0.15) is 13.8 Å². The molecule has 0 aliphatic carbocycles. The van der Waals surface area contributed by atoms with Crippen molar-refractivity contribution < 1.29 is 44.8 Å². The molecule has 9 heteroatoms. The first-order chi connectivity index (χ1) is 9.73. The fraction of sp³-hybridized carbons (Fsp3) is 1.00. The molecular formula is C12H22O9. The summed E-state index contributed by atoms with van der Waals surface area (Å²) in [6, 6.07) is 0. The third kappa shape index (κ3) is 3.21. The van der Waals surface area contributed by atoms with Gasteiger partial charge in [0.25, 0.3) is 0 Å². The van der Waals surface area contributed by atoms with Gasteiger partial charge >= 0.3 is 0 Å². The summed E-state index contributed by atoms with van der Waals surface area (Å²) in [7, 11) is 0. The summed E-state index contributed by atoms with van der Waals surface area (Å²) in [5, 5.41) is 58.5. The minimum absolute atomic E-state index is 0.793. The van der Waals surface area contributed by atoms with Gasteiger partial charge in [-0.2, -0.15) is 0 Å². The van der Waals surface area contributed by atoms with E-state index in [0.29, 0.717) is 0 Å². The van der Waals surface area contributed by atoms with E-state index in [-0.39, 0.29) is 0 Å². The van der Waals surface area contributed by atoms with Crippen molar-refractivity contribution >= 4 is 0 Å². The van der Waals surface area contributed by atoms with Gasteiger partial charge in [0.15, 0.2) is 12.6 Å². The molecule has 2 aliphatic heterocycles. The Morgan fingerprint density at radius 1 is 0.667 bits per heavy atom. The van der Waals surface area contributed by atoms with Crippen LogP contribution >= 0.6 is 0 Å². The number of ether oxygens (including phenoxy) is 3. The fourth-order valence-corrected chi connectivity index (χ4v) is 2.45. The second kappa shape index (κ2) is 6.41. The molecule has 2 rings (SSSR count). The lowest BCUT2D eigenvalue weighted by molar-refractivity contribution is -0.356. The van der Waals surface area contributed by atoms with Crippen molar-refractivity contribution in [2.45, 2.75) is 75.3 Å². The first-order valence-corrected chi connectivity index (χ1v) is 6.78. The van der Waals surface area contributed by atoms with Crippen LogP contribution in [0.4, 0.5) is 0 Å². The normalized spacial score (nSPS) is 55.4. The molecule has 9 nitrogen and oxygen atoms in total. The summed E-state index contributed by atoms with van der Waals surface area (Å²) < 4.78 is 15.5. The SMILES string of the molecule is C[C@H]1O[C@@H](O[C@@H]2[C@@H](O)[C@H](O)[C@@H](C)O[C@@H]2O)[C@H](O)[C@@H](O)[C@@H]1O. The molecule has 0 amide bonds. The standard InChI is InChI=1S/C12H22O9/c1-3-6(14)8(16)10(11(18)19-3)21-12-9(17)7(15)5(13)4(2)20-12/h3-18H,1-2H3/t3-,4-,5-,6-,7+,8+,9-,10-,11+,12+/m1/s1. The molecule has 124 valence electrons. The summed E-state index contributed by atoms with van der Waals surface area (Å²) in [6.45, 7) is 2.94. The number of hydrogen-bond donors (Lipinski definition) is 6. The minimum Gasteiger partial charge on any atom is -0.388 e. The number of aliphatic hydroxyl groups is 6. The van der Waals surface area contributed by atoms with Gasteiger partial charge in [0.05, 0.1) is 12.2 Å². The molecule has 0 unspecified atom stereocenters. The lowest BCUT2D eigenvalue weighted by Crippen LogP contribution is -2.62. The molecule has 10 atom stereocenters. The van der Waals surface area contributed by atoms with E-state index < -0.39 is 61.4 Å². The van der Waals surface area contributed by atoms with E-state index in [0.717, 1.165) is 0 Å². The smallest absolute Gasteiger partial charge is 0.187 e. The Morgan fingerprint density at radius 3 is 1.81 bits per heavy atom. The summed E-state index contributed by atoms with van der Waals surface area (Å²) in [4.78, 5) is 0. The summed E-state index contributed by atoms with van der Waals surface area (Å²) >= 11 is 0.